The molecule has 5 rings (SSSR count). The van der Waals surface area contributed by atoms with Crippen LogP contribution in [0, 0.1) is 0 Å². The zero-order valence-corrected chi connectivity index (χ0v) is 17.9. The molecule has 0 saturated heterocycles. The molecule has 154 valence electrons. The topological polar surface area (TPSA) is 49.0 Å². The van der Waals surface area contributed by atoms with Crippen molar-refractivity contribution in [1.29, 1.82) is 0 Å². The standard InChI is InChI=1S/C25H21N3O2S/c1-30-21-10-8-18(9-11-21)23-16-20(15-22-6-4-14-31-22)25(29)28(26-23)17-27-13-12-19-5-2-3-7-24(19)27/h2-14,16H,15,17H2,1H3. The molecule has 5 nitrogen and oxygen atoms in total. The fourth-order valence-corrected chi connectivity index (χ4v) is 4.46. The normalized spacial score (nSPS) is 11.1. The number of aromatic nitrogens is 3. The van der Waals surface area contributed by atoms with E-state index in [9.17, 15) is 4.79 Å². The second kappa shape index (κ2) is 8.24. The summed E-state index contributed by atoms with van der Waals surface area (Å²) in [6.07, 6.45) is 2.59. The van der Waals surface area contributed by atoms with Crippen molar-refractivity contribution in [3.8, 4) is 17.0 Å². The SMILES string of the molecule is COc1ccc(-c2cc(Cc3cccs3)c(=O)n(Cn3ccc4ccccc43)n2)cc1. The molecule has 0 fully saturated rings. The van der Waals surface area contributed by atoms with Crippen LogP contribution in [0.1, 0.15) is 10.4 Å². The number of benzene rings is 2. The largest absolute Gasteiger partial charge is 0.497 e. The van der Waals surface area contributed by atoms with Gasteiger partial charge in [0.15, 0.2) is 0 Å². The molecule has 0 spiro atoms. The number of thiophene rings is 1. The number of ether oxygens (including phenoxy) is 1. The van der Waals surface area contributed by atoms with Crippen LogP contribution in [-0.4, -0.2) is 21.5 Å². The van der Waals surface area contributed by atoms with E-state index in [0.717, 1.165) is 38.4 Å². The predicted octanol–water partition coefficient (Wildman–Crippen LogP) is 5.03. The second-order valence-electron chi connectivity index (χ2n) is 7.33. The molecule has 3 heterocycles. The quantitative estimate of drug-likeness (QED) is 0.382. The van der Waals surface area contributed by atoms with E-state index in [1.165, 1.54) is 0 Å². The Bertz CT molecular complexity index is 1380. The zero-order valence-electron chi connectivity index (χ0n) is 17.1. The molecule has 0 N–H and O–H groups in total. The summed E-state index contributed by atoms with van der Waals surface area (Å²) < 4.78 is 8.89. The third kappa shape index (κ3) is 3.90. The van der Waals surface area contributed by atoms with Crippen molar-refractivity contribution in [3.05, 3.63) is 105 Å². The van der Waals surface area contributed by atoms with E-state index in [1.54, 1.807) is 23.1 Å². The Morgan fingerprint density at radius 1 is 1.00 bits per heavy atom. The molecule has 0 amide bonds. The first-order chi connectivity index (χ1) is 15.2. The van der Waals surface area contributed by atoms with E-state index in [1.807, 2.05) is 60.1 Å². The first kappa shape index (κ1) is 19.3. The van der Waals surface area contributed by atoms with Crippen LogP contribution in [0.4, 0.5) is 0 Å². The summed E-state index contributed by atoms with van der Waals surface area (Å²) in [6, 6.07) is 23.9. The molecule has 0 unspecified atom stereocenters. The Balaban J connectivity index is 1.60. The van der Waals surface area contributed by atoms with Crippen molar-refractivity contribution in [2.45, 2.75) is 13.1 Å². The van der Waals surface area contributed by atoms with Gasteiger partial charge in [-0.1, -0.05) is 24.3 Å². The molecule has 31 heavy (non-hydrogen) atoms. The Labute approximate surface area is 183 Å². The number of para-hydroxylation sites is 1. The minimum absolute atomic E-state index is 0.0663. The summed E-state index contributed by atoms with van der Waals surface area (Å²) in [6.45, 7) is 0.355. The maximum atomic E-state index is 13.3. The van der Waals surface area contributed by atoms with E-state index in [-0.39, 0.29) is 5.56 Å². The molecule has 5 aromatic rings. The number of rotatable bonds is 6. The van der Waals surface area contributed by atoms with Crippen molar-refractivity contribution >= 4 is 22.2 Å². The molecule has 0 aliphatic carbocycles. The second-order valence-corrected chi connectivity index (χ2v) is 8.36. The van der Waals surface area contributed by atoms with E-state index in [0.29, 0.717) is 13.1 Å². The van der Waals surface area contributed by atoms with Gasteiger partial charge in [-0.3, -0.25) is 4.79 Å². The van der Waals surface area contributed by atoms with Crippen LogP contribution >= 0.6 is 11.3 Å². The van der Waals surface area contributed by atoms with Crippen LogP contribution < -0.4 is 10.3 Å². The van der Waals surface area contributed by atoms with Crippen molar-refractivity contribution in [3.63, 3.8) is 0 Å². The predicted molar refractivity (Wildman–Crippen MR) is 125 cm³/mol. The first-order valence-corrected chi connectivity index (χ1v) is 10.9. The molecule has 0 aliphatic heterocycles. The molecule has 0 radical (unpaired) electrons. The van der Waals surface area contributed by atoms with Crippen molar-refractivity contribution in [2.75, 3.05) is 7.11 Å². The number of hydrogen-bond acceptors (Lipinski definition) is 4. The molecule has 0 aliphatic rings. The monoisotopic (exact) mass is 427 g/mol. The maximum absolute atomic E-state index is 13.3. The summed E-state index contributed by atoms with van der Waals surface area (Å²) in [5, 5.41) is 7.89. The minimum atomic E-state index is -0.0663. The fourth-order valence-electron chi connectivity index (χ4n) is 3.73. The average molecular weight is 428 g/mol. The van der Waals surface area contributed by atoms with Gasteiger partial charge in [0.2, 0.25) is 0 Å². The molecule has 3 aromatic heterocycles. The molecule has 0 saturated carbocycles. The lowest BCUT2D eigenvalue weighted by Gasteiger charge is -2.13. The molecule has 6 heteroatoms. The van der Waals surface area contributed by atoms with Gasteiger partial charge in [-0.25, -0.2) is 4.68 Å². The molecule has 0 atom stereocenters. The summed E-state index contributed by atoms with van der Waals surface area (Å²) >= 11 is 1.66. The Morgan fingerprint density at radius 3 is 2.61 bits per heavy atom. The molecular weight excluding hydrogens is 406 g/mol. The van der Waals surface area contributed by atoms with E-state index >= 15 is 0 Å². The zero-order chi connectivity index (χ0) is 21.2. The van der Waals surface area contributed by atoms with Gasteiger partial charge in [-0.05, 0) is 59.3 Å². The van der Waals surface area contributed by atoms with Gasteiger partial charge in [0.1, 0.15) is 12.4 Å². The van der Waals surface area contributed by atoms with Crippen LogP contribution in [0.15, 0.2) is 89.2 Å². The summed E-state index contributed by atoms with van der Waals surface area (Å²) in [7, 11) is 1.65. The van der Waals surface area contributed by atoms with Crippen molar-refractivity contribution in [1.82, 2.24) is 14.3 Å². The average Bonchev–Trinajstić information content (AvgIpc) is 3.47. The van der Waals surface area contributed by atoms with Gasteiger partial charge in [0, 0.05) is 34.1 Å². The minimum Gasteiger partial charge on any atom is -0.497 e. The lowest BCUT2D eigenvalue weighted by atomic mass is 10.1. The van der Waals surface area contributed by atoms with Gasteiger partial charge < -0.3 is 9.30 Å². The smallest absolute Gasteiger partial charge is 0.272 e. The summed E-state index contributed by atoms with van der Waals surface area (Å²) in [4.78, 5) is 14.5. The van der Waals surface area contributed by atoms with Crippen molar-refractivity contribution < 1.29 is 4.74 Å². The highest BCUT2D eigenvalue weighted by Gasteiger charge is 2.13. The highest BCUT2D eigenvalue weighted by atomic mass is 32.1. The highest BCUT2D eigenvalue weighted by Crippen LogP contribution is 2.22. The molecule has 0 bridgehead atoms. The Morgan fingerprint density at radius 2 is 1.84 bits per heavy atom. The van der Waals surface area contributed by atoms with Gasteiger partial charge in [0.25, 0.3) is 5.56 Å². The molecule has 2 aromatic carbocycles. The van der Waals surface area contributed by atoms with Gasteiger partial charge in [-0.15, -0.1) is 11.3 Å². The number of methoxy groups -OCH3 is 1. The molecular formula is C25H21N3O2S. The lowest BCUT2D eigenvalue weighted by molar-refractivity contribution is 0.415. The number of hydrogen-bond donors (Lipinski definition) is 0. The Hall–Kier alpha value is -3.64. The maximum Gasteiger partial charge on any atom is 0.272 e. The van der Waals surface area contributed by atoms with Gasteiger partial charge in [-0.2, -0.15) is 5.10 Å². The van der Waals surface area contributed by atoms with Crippen LogP contribution in [0.5, 0.6) is 5.75 Å². The Kier molecular flexibility index (Phi) is 5.14. The van der Waals surface area contributed by atoms with Crippen LogP contribution in [-0.2, 0) is 13.1 Å². The van der Waals surface area contributed by atoms with E-state index in [4.69, 9.17) is 9.84 Å². The number of nitrogens with zero attached hydrogens (tertiary/aromatic N) is 3. The lowest BCUT2D eigenvalue weighted by Crippen LogP contribution is -2.29. The van der Waals surface area contributed by atoms with Crippen LogP contribution in [0.3, 0.4) is 0 Å². The first-order valence-electron chi connectivity index (χ1n) is 10.0. The van der Waals surface area contributed by atoms with Gasteiger partial charge in [0.05, 0.1) is 12.8 Å². The summed E-state index contributed by atoms with van der Waals surface area (Å²) in [5.74, 6) is 0.787. The van der Waals surface area contributed by atoms with E-state index in [2.05, 4.69) is 28.8 Å². The third-order valence-electron chi connectivity index (χ3n) is 5.35. The van der Waals surface area contributed by atoms with Crippen LogP contribution in [0.2, 0.25) is 0 Å². The van der Waals surface area contributed by atoms with E-state index < -0.39 is 0 Å². The number of fused-ring (bicyclic) bond motifs is 1. The van der Waals surface area contributed by atoms with Crippen LogP contribution in [0.25, 0.3) is 22.2 Å². The van der Waals surface area contributed by atoms with Gasteiger partial charge >= 0.3 is 0 Å². The third-order valence-corrected chi connectivity index (χ3v) is 6.22. The van der Waals surface area contributed by atoms with Crippen molar-refractivity contribution in [2.24, 2.45) is 0 Å². The summed E-state index contributed by atoms with van der Waals surface area (Å²) in [5.41, 5.74) is 3.46. The fraction of sp³-hybridized carbons (Fsp3) is 0.120. The highest BCUT2D eigenvalue weighted by molar-refractivity contribution is 7.09.